The van der Waals surface area contributed by atoms with Crippen molar-refractivity contribution in [3.63, 3.8) is 0 Å². The zero-order valence-electron chi connectivity index (χ0n) is 17.0. The molecule has 3 aromatic rings. The summed E-state index contributed by atoms with van der Waals surface area (Å²) in [7, 11) is 0. The SMILES string of the molecule is Cc1cc(C)cc(-n2ncc3c(=O)n(CC(=O)N4CCC(C(N)=O)CC4)cnc32)c1. The molecule has 2 aromatic heterocycles. The highest BCUT2D eigenvalue weighted by Crippen LogP contribution is 2.18. The highest BCUT2D eigenvalue weighted by atomic mass is 16.2. The van der Waals surface area contributed by atoms with Gasteiger partial charge in [-0.25, -0.2) is 9.67 Å². The van der Waals surface area contributed by atoms with Gasteiger partial charge >= 0.3 is 0 Å². The van der Waals surface area contributed by atoms with Crippen LogP contribution in [0.2, 0.25) is 0 Å². The first-order valence-electron chi connectivity index (χ1n) is 9.92. The Morgan fingerprint density at radius 3 is 2.43 bits per heavy atom. The van der Waals surface area contributed by atoms with E-state index < -0.39 is 0 Å². The zero-order valence-corrected chi connectivity index (χ0v) is 17.0. The lowest BCUT2D eigenvalue weighted by Crippen LogP contribution is -2.43. The van der Waals surface area contributed by atoms with E-state index in [4.69, 9.17) is 5.73 Å². The third-order valence-corrected chi connectivity index (χ3v) is 5.56. The van der Waals surface area contributed by atoms with Gasteiger partial charge in [0.1, 0.15) is 18.3 Å². The van der Waals surface area contributed by atoms with Gasteiger partial charge in [0.15, 0.2) is 5.65 Å². The minimum absolute atomic E-state index is 0.0995. The highest BCUT2D eigenvalue weighted by molar-refractivity contribution is 5.79. The number of carbonyl (C=O) groups is 2. The number of rotatable bonds is 4. The Balaban J connectivity index is 1.57. The number of primary amides is 1. The van der Waals surface area contributed by atoms with Gasteiger partial charge in [-0.2, -0.15) is 5.10 Å². The molecule has 1 fully saturated rings. The van der Waals surface area contributed by atoms with Gasteiger partial charge in [-0.05, 0) is 49.9 Å². The van der Waals surface area contributed by atoms with E-state index in [0.717, 1.165) is 16.8 Å². The molecule has 3 heterocycles. The molecule has 0 unspecified atom stereocenters. The number of nitrogens with two attached hydrogens (primary N) is 1. The Labute approximate surface area is 173 Å². The molecule has 4 rings (SSSR count). The molecular formula is C21H24N6O3. The van der Waals surface area contributed by atoms with E-state index in [1.807, 2.05) is 26.0 Å². The van der Waals surface area contributed by atoms with Gasteiger partial charge in [0.05, 0.1) is 11.9 Å². The van der Waals surface area contributed by atoms with E-state index in [1.165, 1.54) is 17.1 Å². The van der Waals surface area contributed by atoms with Gasteiger partial charge < -0.3 is 10.6 Å². The summed E-state index contributed by atoms with van der Waals surface area (Å²) >= 11 is 0. The minimum Gasteiger partial charge on any atom is -0.369 e. The van der Waals surface area contributed by atoms with Crippen LogP contribution < -0.4 is 11.3 Å². The number of likely N-dealkylation sites (tertiary alicyclic amines) is 1. The topological polar surface area (TPSA) is 116 Å². The number of aryl methyl sites for hydroxylation is 2. The van der Waals surface area contributed by atoms with E-state index in [2.05, 4.69) is 16.1 Å². The maximum Gasteiger partial charge on any atom is 0.264 e. The number of nitrogens with zero attached hydrogens (tertiary/aromatic N) is 5. The molecule has 0 spiro atoms. The molecule has 0 aliphatic carbocycles. The molecule has 1 aliphatic rings. The van der Waals surface area contributed by atoms with Crippen LogP contribution in [-0.4, -0.2) is 49.1 Å². The number of fused-ring (bicyclic) bond motifs is 1. The third-order valence-electron chi connectivity index (χ3n) is 5.56. The minimum atomic E-state index is -0.325. The van der Waals surface area contributed by atoms with Crippen LogP contribution in [0.3, 0.4) is 0 Å². The number of amides is 2. The Hall–Kier alpha value is -3.49. The molecule has 9 nitrogen and oxygen atoms in total. The maximum atomic E-state index is 12.9. The van der Waals surface area contributed by atoms with Crippen molar-refractivity contribution in [1.82, 2.24) is 24.2 Å². The van der Waals surface area contributed by atoms with Gasteiger partial charge in [0.25, 0.3) is 5.56 Å². The van der Waals surface area contributed by atoms with Crippen LogP contribution >= 0.6 is 0 Å². The number of aromatic nitrogens is 4. The van der Waals surface area contributed by atoms with Crippen LogP contribution in [0.4, 0.5) is 0 Å². The molecule has 2 amide bonds. The molecule has 30 heavy (non-hydrogen) atoms. The van der Waals surface area contributed by atoms with E-state index in [-0.39, 0.29) is 29.8 Å². The first-order valence-corrected chi connectivity index (χ1v) is 9.92. The number of carbonyl (C=O) groups excluding carboxylic acids is 2. The normalized spacial score (nSPS) is 14.9. The van der Waals surface area contributed by atoms with Gasteiger partial charge in [-0.15, -0.1) is 0 Å². The van der Waals surface area contributed by atoms with E-state index in [1.54, 1.807) is 9.58 Å². The summed E-state index contributed by atoms with van der Waals surface area (Å²) in [5, 5.41) is 4.70. The van der Waals surface area contributed by atoms with Crippen molar-refractivity contribution in [2.24, 2.45) is 11.7 Å². The second kappa shape index (κ2) is 7.74. The molecule has 9 heteroatoms. The first-order chi connectivity index (χ1) is 14.3. The van der Waals surface area contributed by atoms with E-state index in [0.29, 0.717) is 37.0 Å². The molecular weight excluding hydrogens is 384 g/mol. The molecule has 1 aromatic carbocycles. The smallest absolute Gasteiger partial charge is 0.264 e. The van der Waals surface area contributed by atoms with Crippen molar-refractivity contribution in [2.75, 3.05) is 13.1 Å². The fraction of sp³-hybridized carbons (Fsp3) is 0.381. The second-order valence-corrected chi connectivity index (χ2v) is 7.87. The average molecular weight is 408 g/mol. The van der Waals surface area contributed by atoms with Crippen LogP contribution in [0.25, 0.3) is 16.7 Å². The Morgan fingerprint density at radius 2 is 1.80 bits per heavy atom. The Kier molecular flexibility index (Phi) is 5.11. The quantitative estimate of drug-likeness (QED) is 0.689. The van der Waals surface area contributed by atoms with Crippen LogP contribution in [-0.2, 0) is 16.1 Å². The fourth-order valence-corrected chi connectivity index (χ4v) is 3.98. The van der Waals surface area contributed by atoms with Gasteiger partial charge in [-0.1, -0.05) is 6.07 Å². The number of hydrogen-bond donors (Lipinski definition) is 1. The molecule has 1 saturated heterocycles. The van der Waals surface area contributed by atoms with Crippen molar-refractivity contribution >= 4 is 22.8 Å². The summed E-state index contributed by atoms with van der Waals surface area (Å²) in [5.74, 6) is -0.692. The maximum absolute atomic E-state index is 12.9. The Bertz CT molecular complexity index is 1170. The van der Waals surface area contributed by atoms with Crippen molar-refractivity contribution < 1.29 is 9.59 Å². The monoisotopic (exact) mass is 408 g/mol. The second-order valence-electron chi connectivity index (χ2n) is 7.87. The van der Waals surface area contributed by atoms with Gasteiger partial charge in [0.2, 0.25) is 11.8 Å². The molecule has 0 atom stereocenters. The predicted octanol–water partition coefficient (Wildman–Crippen LogP) is 0.923. The summed E-state index contributed by atoms with van der Waals surface area (Å²) in [5.41, 5.74) is 8.50. The molecule has 0 radical (unpaired) electrons. The van der Waals surface area contributed by atoms with Crippen molar-refractivity contribution in [2.45, 2.75) is 33.2 Å². The summed E-state index contributed by atoms with van der Waals surface area (Å²) in [6, 6.07) is 6.02. The summed E-state index contributed by atoms with van der Waals surface area (Å²) in [4.78, 5) is 42.9. The van der Waals surface area contributed by atoms with Gasteiger partial charge in [0, 0.05) is 19.0 Å². The highest BCUT2D eigenvalue weighted by Gasteiger charge is 2.26. The summed E-state index contributed by atoms with van der Waals surface area (Å²) in [6.07, 6.45) is 3.98. The standard InChI is InChI=1S/C21H24N6O3/c1-13-7-14(2)9-16(8-13)27-20-17(10-24-27)21(30)26(12-23-20)11-18(28)25-5-3-15(4-6-25)19(22)29/h7-10,12,15H,3-6,11H2,1-2H3,(H2,22,29). The molecule has 1 aliphatic heterocycles. The molecule has 156 valence electrons. The third kappa shape index (κ3) is 3.70. The number of piperidine rings is 1. The first kappa shape index (κ1) is 19.8. The van der Waals surface area contributed by atoms with Crippen LogP contribution in [0.1, 0.15) is 24.0 Å². The number of benzene rings is 1. The zero-order chi connectivity index (χ0) is 21.4. The van der Waals surface area contributed by atoms with Crippen molar-refractivity contribution in [1.29, 1.82) is 0 Å². The van der Waals surface area contributed by atoms with Crippen LogP contribution in [0.15, 0.2) is 35.5 Å². The Morgan fingerprint density at radius 1 is 1.13 bits per heavy atom. The lowest BCUT2D eigenvalue weighted by Gasteiger charge is -2.30. The average Bonchev–Trinajstić information content (AvgIpc) is 3.14. The van der Waals surface area contributed by atoms with Crippen LogP contribution in [0, 0.1) is 19.8 Å². The number of hydrogen-bond acceptors (Lipinski definition) is 5. The molecule has 0 bridgehead atoms. The lowest BCUT2D eigenvalue weighted by molar-refractivity contribution is -0.135. The predicted molar refractivity (Wildman–Crippen MR) is 111 cm³/mol. The summed E-state index contributed by atoms with van der Waals surface area (Å²) in [6.45, 7) is 4.82. The van der Waals surface area contributed by atoms with E-state index >= 15 is 0 Å². The summed E-state index contributed by atoms with van der Waals surface area (Å²) < 4.78 is 2.94. The molecule has 2 N–H and O–H groups in total. The van der Waals surface area contributed by atoms with Crippen LogP contribution in [0.5, 0.6) is 0 Å². The van der Waals surface area contributed by atoms with Crippen molar-refractivity contribution in [3.05, 3.63) is 52.2 Å². The molecule has 0 saturated carbocycles. The van der Waals surface area contributed by atoms with Crippen molar-refractivity contribution in [3.8, 4) is 5.69 Å². The fourth-order valence-electron chi connectivity index (χ4n) is 3.98. The lowest BCUT2D eigenvalue weighted by atomic mass is 9.96. The van der Waals surface area contributed by atoms with Gasteiger partial charge in [-0.3, -0.25) is 19.0 Å². The van der Waals surface area contributed by atoms with E-state index in [9.17, 15) is 14.4 Å². The largest absolute Gasteiger partial charge is 0.369 e.